The van der Waals surface area contributed by atoms with Crippen molar-refractivity contribution >= 4 is 28.8 Å². The Morgan fingerprint density at radius 2 is 2.14 bits per heavy atom. The number of hydrogen-bond donors (Lipinski definition) is 1. The maximum Gasteiger partial charge on any atom is 0.263 e. The van der Waals surface area contributed by atoms with Crippen LogP contribution in [0.1, 0.15) is 53.0 Å². The molecule has 1 N–H and O–H groups in total. The average Bonchev–Trinajstić information content (AvgIpc) is 3.06. The minimum Gasteiger partial charge on any atom is -0.486 e. The summed E-state index contributed by atoms with van der Waals surface area (Å²) >= 11 is 7.27. The zero-order chi connectivity index (χ0) is 19.9. The zero-order valence-electron chi connectivity index (χ0n) is 16.5. The normalized spacial score (nSPS) is 17.5. The molecular formula is C21H28ClN3O2S. The summed E-state index contributed by atoms with van der Waals surface area (Å²) in [7, 11) is 0. The van der Waals surface area contributed by atoms with Gasteiger partial charge in [-0.3, -0.25) is 4.79 Å². The Morgan fingerprint density at radius 1 is 1.36 bits per heavy atom. The number of likely N-dealkylation sites (tertiary alicyclic amines) is 1. The van der Waals surface area contributed by atoms with E-state index in [4.69, 9.17) is 16.3 Å². The summed E-state index contributed by atoms with van der Waals surface area (Å²) in [6.07, 6.45) is 4.88. The molecule has 1 unspecified atom stereocenters. The third-order valence-corrected chi connectivity index (χ3v) is 6.45. The average molecular weight is 422 g/mol. The van der Waals surface area contributed by atoms with Crippen molar-refractivity contribution in [2.24, 2.45) is 0 Å². The van der Waals surface area contributed by atoms with Crippen molar-refractivity contribution in [3.63, 3.8) is 0 Å². The van der Waals surface area contributed by atoms with Gasteiger partial charge in [0.05, 0.1) is 5.69 Å². The number of nitrogens with one attached hydrogen (secondary N) is 1. The second-order valence-electron chi connectivity index (χ2n) is 7.25. The molecule has 152 valence electrons. The molecule has 0 spiro atoms. The zero-order valence-corrected chi connectivity index (χ0v) is 18.1. The molecule has 1 atom stereocenters. The second-order valence-corrected chi connectivity index (χ2v) is 8.78. The standard InChI is InChI=1S/C21H28ClN3O2S/c1-15-6-3-4-12-25(15)13-5-11-23-21(26)20-16(2)24-19(28-20)14-27-18-9-7-17(22)8-10-18/h7-10,15H,3-6,11-14H2,1-2H3,(H,23,26). The highest BCUT2D eigenvalue weighted by atomic mass is 35.5. The number of carbonyl (C=O) groups is 1. The monoisotopic (exact) mass is 421 g/mol. The molecular weight excluding hydrogens is 394 g/mol. The number of halogens is 1. The van der Waals surface area contributed by atoms with Crippen molar-refractivity contribution in [3.05, 3.63) is 44.9 Å². The number of hydrogen-bond acceptors (Lipinski definition) is 5. The van der Waals surface area contributed by atoms with Gasteiger partial charge < -0.3 is 15.0 Å². The van der Waals surface area contributed by atoms with Gasteiger partial charge >= 0.3 is 0 Å². The first-order valence-electron chi connectivity index (χ1n) is 9.90. The van der Waals surface area contributed by atoms with Crippen LogP contribution in [-0.2, 0) is 6.61 Å². The van der Waals surface area contributed by atoms with Gasteiger partial charge in [0.15, 0.2) is 0 Å². The molecule has 1 aromatic carbocycles. The Balaban J connectivity index is 1.44. The van der Waals surface area contributed by atoms with Crippen LogP contribution in [0.25, 0.3) is 0 Å². The molecule has 28 heavy (non-hydrogen) atoms. The van der Waals surface area contributed by atoms with Crippen LogP contribution in [0.3, 0.4) is 0 Å². The summed E-state index contributed by atoms with van der Waals surface area (Å²) in [6, 6.07) is 7.87. The smallest absolute Gasteiger partial charge is 0.263 e. The van der Waals surface area contributed by atoms with Crippen LogP contribution in [0.4, 0.5) is 0 Å². The van der Waals surface area contributed by atoms with Crippen molar-refractivity contribution in [1.29, 1.82) is 0 Å². The predicted octanol–water partition coefficient (Wildman–Crippen LogP) is 4.68. The van der Waals surface area contributed by atoms with Gasteiger partial charge in [0, 0.05) is 24.2 Å². The Kier molecular flexibility index (Phi) is 7.71. The highest BCUT2D eigenvalue weighted by Crippen LogP contribution is 2.21. The van der Waals surface area contributed by atoms with E-state index in [1.807, 2.05) is 19.1 Å². The lowest BCUT2D eigenvalue weighted by molar-refractivity contribution is 0.0952. The molecule has 1 amide bonds. The van der Waals surface area contributed by atoms with E-state index in [2.05, 4.69) is 22.1 Å². The number of amides is 1. The topological polar surface area (TPSA) is 54.5 Å². The Labute approximate surface area is 176 Å². The van der Waals surface area contributed by atoms with Crippen LogP contribution in [0.15, 0.2) is 24.3 Å². The lowest BCUT2D eigenvalue weighted by atomic mass is 10.0. The van der Waals surface area contributed by atoms with Crippen molar-refractivity contribution in [2.45, 2.75) is 52.2 Å². The van der Waals surface area contributed by atoms with E-state index in [9.17, 15) is 4.79 Å². The number of nitrogens with zero attached hydrogens (tertiary/aromatic N) is 2. The van der Waals surface area contributed by atoms with Gasteiger partial charge in [0.2, 0.25) is 0 Å². The highest BCUT2D eigenvalue weighted by molar-refractivity contribution is 7.13. The fourth-order valence-electron chi connectivity index (χ4n) is 3.45. The van der Waals surface area contributed by atoms with Crippen LogP contribution < -0.4 is 10.1 Å². The maximum absolute atomic E-state index is 12.5. The number of ether oxygens (including phenoxy) is 1. The van der Waals surface area contributed by atoms with Crippen molar-refractivity contribution in [3.8, 4) is 5.75 Å². The van der Waals surface area contributed by atoms with E-state index in [1.165, 1.54) is 37.1 Å². The van der Waals surface area contributed by atoms with Crippen LogP contribution in [0.2, 0.25) is 5.02 Å². The molecule has 5 nitrogen and oxygen atoms in total. The molecule has 1 aliphatic rings. The van der Waals surface area contributed by atoms with E-state index in [1.54, 1.807) is 12.1 Å². The van der Waals surface area contributed by atoms with Gasteiger partial charge in [-0.15, -0.1) is 11.3 Å². The number of thiazole rings is 1. The minimum absolute atomic E-state index is 0.0422. The summed E-state index contributed by atoms with van der Waals surface area (Å²) < 4.78 is 5.72. The number of rotatable bonds is 8. The molecule has 2 heterocycles. The first kappa shape index (κ1) is 21.1. The van der Waals surface area contributed by atoms with Crippen LogP contribution in [0, 0.1) is 6.92 Å². The Hall–Kier alpha value is -1.63. The molecule has 1 saturated heterocycles. The third kappa shape index (κ3) is 5.93. The van der Waals surface area contributed by atoms with Gasteiger partial charge in [-0.1, -0.05) is 18.0 Å². The summed E-state index contributed by atoms with van der Waals surface area (Å²) in [6.45, 7) is 7.42. The molecule has 3 rings (SSSR count). The van der Waals surface area contributed by atoms with Gasteiger partial charge in [-0.2, -0.15) is 0 Å². The van der Waals surface area contributed by atoms with Gasteiger partial charge in [-0.25, -0.2) is 4.98 Å². The van der Waals surface area contributed by atoms with E-state index < -0.39 is 0 Å². The van der Waals surface area contributed by atoms with E-state index in [-0.39, 0.29) is 5.91 Å². The van der Waals surface area contributed by atoms with Gasteiger partial charge in [0.1, 0.15) is 22.2 Å². The lowest BCUT2D eigenvalue weighted by Gasteiger charge is -2.33. The number of piperidine rings is 1. The minimum atomic E-state index is -0.0422. The fourth-order valence-corrected chi connectivity index (χ4v) is 4.47. The first-order chi connectivity index (χ1) is 13.5. The van der Waals surface area contributed by atoms with Crippen molar-refractivity contribution in [2.75, 3.05) is 19.6 Å². The first-order valence-corrected chi connectivity index (χ1v) is 11.1. The molecule has 1 aliphatic heterocycles. The molecule has 0 bridgehead atoms. The van der Waals surface area contributed by atoms with Crippen LogP contribution in [0.5, 0.6) is 5.75 Å². The quantitative estimate of drug-likeness (QED) is 0.629. The summed E-state index contributed by atoms with van der Waals surface area (Å²) in [5, 5.41) is 4.50. The summed E-state index contributed by atoms with van der Waals surface area (Å²) in [4.78, 5) is 20.2. The third-order valence-electron chi connectivity index (χ3n) is 5.07. The number of carbonyl (C=O) groups excluding carboxylic acids is 1. The maximum atomic E-state index is 12.5. The molecule has 0 radical (unpaired) electrons. The number of aromatic nitrogens is 1. The lowest BCUT2D eigenvalue weighted by Crippen LogP contribution is -2.39. The van der Waals surface area contributed by atoms with E-state index in [0.29, 0.717) is 29.1 Å². The summed E-state index contributed by atoms with van der Waals surface area (Å²) in [5.41, 5.74) is 0.752. The molecule has 7 heteroatoms. The van der Waals surface area contributed by atoms with E-state index in [0.717, 1.165) is 29.4 Å². The van der Waals surface area contributed by atoms with Crippen molar-refractivity contribution < 1.29 is 9.53 Å². The molecule has 0 saturated carbocycles. The van der Waals surface area contributed by atoms with Gasteiger partial charge in [-0.05, 0) is 63.9 Å². The molecule has 1 aromatic heterocycles. The number of benzene rings is 1. The molecule has 2 aromatic rings. The molecule has 1 fully saturated rings. The van der Waals surface area contributed by atoms with Gasteiger partial charge in [0.25, 0.3) is 5.91 Å². The van der Waals surface area contributed by atoms with E-state index >= 15 is 0 Å². The number of aryl methyl sites for hydroxylation is 1. The second kappa shape index (κ2) is 10.2. The fraction of sp³-hybridized carbons (Fsp3) is 0.524. The Morgan fingerprint density at radius 3 is 2.89 bits per heavy atom. The van der Waals surface area contributed by atoms with Crippen LogP contribution in [-0.4, -0.2) is 41.5 Å². The Bertz CT molecular complexity index is 778. The van der Waals surface area contributed by atoms with Crippen molar-refractivity contribution in [1.82, 2.24) is 15.2 Å². The predicted molar refractivity (Wildman–Crippen MR) is 114 cm³/mol. The largest absolute Gasteiger partial charge is 0.486 e. The highest BCUT2D eigenvalue weighted by Gasteiger charge is 2.18. The summed E-state index contributed by atoms with van der Waals surface area (Å²) in [5.74, 6) is 0.689. The molecule has 0 aliphatic carbocycles. The van der Waals surface area contributed by atoms with Crippen LogP contribution >= 0.6 is 22.9 Å². The SMILES string of the molecule is Cc1nc(COc2ccc(Cl)cc2)sc1C(=O)NCCCN1CCCCC1C.